The fourth-order valence-electron chi connectivity index (χ4n) is 3.80. The third kappa shape index (κ3) is 4.19. The predicted octanol–water partition coefficient (Wildman–Crippen LogP) is 2.57. The molecule has 5 N–H and O–H groups in total. The molecular weight excluding hydrogens is 438 g/mol. The van der Waals surface area contributed by atoms with E-state index in [0.29, 0.717) is 40.7 Å². The van der Waals surface area contributed by atoms with Gasteiger partial charge < -0.3 is 30.4 Å². The Balaban J connectivity index is 1.84. The number of amides is 1. The van der Waals surface area contributed by atoms with Crippen LogP contribution in [0.25, 0.3) is 11.3 Å². The molecule has 1 aliphatic heterocycles. The third-order valence-corrected chi connectivity index (χ3v) is 5.29. The second-order valence-electron chi connectivity index (χ2n) is 7.36. The summed E-state index contributed by atoms with van der Waals surface area (Å²) in [6.07, 6.45) is 0. The Hall–Kier alpha value is -4.65. The van der Waals surface area contributed by atoms with Crippen LogP contribution in [0.15, 0.2) is 53.9 Å². The van der Waals surface area contributed by atoms with Gasteiger partial charge in [-0.25, -0.2) is 0 Å². The standard InChI is InChI=1S/C24H23N5O5/c1-3-32-18-10-14(6-9-17(18)33-12-19(26)30)20-16(11-25)23(27)34-24-21(20)22(28-29-24)13-4-7-15(31-2)8-5-13/h4-10,20H,3,12,27H2,1-2H3,(H2,26,30)(H,28,29)/t20-/m0/s1. The Bertz CT molecular complexity index is 1290. The van der Waals surface area contributed by atoms with Gasteiger partial charge in [0.1, 0.15) is 17.4 Å². The molecule has 1 atom stereocenters. The van der Waals surface area contributed by atoms with E-state index in [4.69, 9.17) is 30.4 Å². The van der Waals surface area contributed by atoms with Crippen molar-refractivity contribution in [3.05, 3.63) is 65.0 Å². The number of ether oxygens (including phenoxy) is 4. The number of primary amides is 1. The number of methoxy groups -OCH3 is 1. The SMILES string of the molecule is CCOc1cc([C@H]2C(C#N)=C(N)Oc3n[nH]c(-c4ccc(OC)cc4)c32)ccc1OCC(N)=O. The normalized spacial score (nSPS) is 14.6. The van der Waals surface area contributed by atoms with Gasteiger partial charge in [0.25, 0.3) is 5.91 Å². The zero-order chi connectivity index (χ0) is 24.2. The van der Waals surface area contributed by atoms with Crippen molar-refractivity contribution in [1.82, 2.24) is 10.2 Å². The van der Waals surface area contributed by atoms with Crippen molar-refractivity contribution in [2.45, 2.75) is 12.8 Å². The zero-order valence-corrected chi connectivity index (χ0v) is 18.6. The Morgan fingerprint density at radius 3 is 2.62 bits per heavy atom. The van der Waals surface area contributed by atoms with Gasteiger partial charge in [-0.3, -0.25) is 9.89 Å². The van der Waals surface area contributed by atoms with Gasteiger partial charge in [0.2, 0.25) is 11.8 Å². The van der Waals surface area contributed by atoms with Crippen LogP contribution in [-0.2, 0) is 4.79 Å². The lowest BCUT2D eigenvalue weighted by atomic mass is 9.83. The van der Waals surface area contributed by atoms with E-state index >= 15 is 0 Å². The second-order valence-corrected chi connectivity index (χ2v) is 7.36. The van der Waals surface area contributed by atoms with Crippen LogP contribution in [0.3, 0.4) is 0 Å². The van der Waals surface area contributed by atoms with E-state index in [1.165, 1.54) is 0 Å². The maximum atomic E-state index is 11.2. The first-order valence-corrected chi connectivity index (χ1v) is 10.4. The van der Waals surface area contributed by atoms with Gasteiger partial charge in [-0.1, -0.05) is 6.07 Å². The smallest absolute Gasteiger partial charge is 0.255 e. The fourth-order valence-corrected chi connectivity index (χ4v) is 3.80. The molecule has 0 fully saturated rings. The molecule has 174 valence electrons. The van der Waals surface area contributed by atoms with E-state index in [2.05, 4.69) is 16.3 Å². The van der Waals surface area contributed by atoms with Gasteiger partial charge in [0.05, 0.1) is 30.9 Å². The number of benzene rings is 2. The molecule has 1 aliphatic rings. The number of carbonyl (C=O) groups is 1. The van der Waals surface area contributed by atoms with Crippen LogP contribution in [0.4, 0.5) is 0 Å². The quantitative estimate of drug-likeness (QED) is 0.462. The summed E-state index contributed by atoms with van der Waals surface area (Å²) < 4.78 is 22.1. The molecule has 2 heterocycles. The van der Waals surface area contributed by atoms with Crippen molar-refractivity contribution in [3.63, 3.8) is 0 Å². The summed E-state index contributed by atoms with van der Waals surface area (Å²) >= 11 is 0. The molecule has 10 nitrogen and oxygen atoms in total. The van der Waals surface area contributed by atoms with Crippen LogP contribution in [-0.4, -0.2) is 36.4 Å². The minimum Gasteiger partial charge on any atom is -0.497 e. The van der Waals surface area contributed by atoms with Crippen LogP contribution in [0.1, 0.15) is 24.0 Å². The van der Waals surface area contributed by atoms with E-state index in [1.54, 1.807) is 25.3 Å². The van der Waals surface area contributed by atoms with E-state index in [1.807, 2.05) is 31.2 Å². The molecule has 0 saturated heterocycles. The maximum Gasteiger partial charge on any atom is 0.255 e. The number of aromatic nitrogens is 2. The van der Waals surface area contributed by atoms with E-state index in [-0.39, 0.29) is 23.9 Å². The van der Waals surface area contributed by atoms with Crippen LogP contribution in [0.2, 0.25) is 0 Å². The molecule has 1 amide bonds. The highest BCUT2D eigenvalue weighted by Gasteiger charge is 2.36. The zero-order valence-electron chi connectivity index (χ0n) is 18.6. The summed E-state index contributed by atoms with van der Waals surface area (Å²) in [6.45, 7) is 1.90. The molecule has 0 unspecified atom stereocenters. The highest BCUT2D eigenvalue weighted by Crippen LogP contribution is 2.47. The van der Waals surface area contributed by atoms with Crippen LogP contribution < -0.4 is 30.4 Å². The third-order valence-electron chi connectivity index (χ3n) is 5.29. The van der Waals surface area contributed by atoms with Crippen molar-refractivity contribution in [2.75, 3.05) is 20.3 Å². The first-order valence-electron chi connectivity index (χ1n) is 10.4. The molecular formula is C24H23N5O5. The topological polar surface area (TPSA) is 158 Å². The van der Waals surface area contributed by atoms with Crippen molar-refractivity contribution in [3.8, 4) is 40.5 Å². The summed E-state index contributed by atoms with van der Waals surface area (Å²) in [4.78, 5) is 11.2. The number of H-pyrrole nitrogens is 1. The van der Waals surface area contributed by atoms with Gasteiger partial charge in [-0.05, 0) is 48.9 Å². The first-order chi connectivity index (χ1) is 16.5. The first kappa shape index (κ1) is 22.5. The Kier molecular flexibility index (Phi) is 6.27. The van der Waals surface area contributed by atoms with Crippen LogP contribution >= 0.6 is 0 Å². The molecule has 2 aromatic carbocycles. The lowest BCUT2D eigenvalue weighted by molar-refractivity contribution is -0.119. The number of allylic oxidation sites excluding steroid dienone is 1. The van der Waals surface area contributed by atoms with Crippen molar-refractivity contribution in [1.29, 1.82) is 5.26 Å². The van der Waals surface area contributed by atoms with Crippen LogP contribution in [0, 0.1) is 11.3 Å². The van der Waals surface area contributed by atoms with Gasteiger partial charge in [0, 0.05) is 5.56 Å². The number of hydrogen-bond donors (Lipinski definition) is 3. The molecule has 0 bridgehead atoms. The minimum atomic E-state index is -0.606. The van der Waals surface area contributed by atoms with Crippen molar-refractivity contribution < 1.29 is 23.7 Å². The van der Waals surface area contributed by atoms with E-state index in [9.17, 15) is 10.1 Å². The van der Waals surface area contributed by atoms with Gasteiger partial charge in [-0.15, -0.1) is 5.10 Å². The molecule has 0 radical (unpaired) electrons. The summed E-state index contributed by atoms with van der Waals surface area (Å²) in [5.41, 5.74) is 14.4. The minimum absolute atomic E-state index is 0.0280. The number of nitrogens with one attached hydrogen (secondary N) is 1. The average molecular weight is 461 g/mol. The summed E-state index contributed by atoms with van der Waals surface area (Å²) in [6, 6.07) is 14.8. The fraction of sp³-hybridized carbons (Fsp3) is 0.208. The average Bonchev–Trinajstić information content (AvgIpc) is 3.25. The monoisotopic (exact) mass is 461 g/mol. The van der Waals surface area contributed by atoms with E-state index < -0.39 is 11.8 Å². The van der Waals surface area contributed by atoms with Gasteiger partial charge in [0.15, 0.2) is 18.1 Å². The number of rotatable bonds is 8. The molecule has 1 aromatic heterocycles. The Labute approximate surface area is 195 Å². The molecule has 4 rings (SSSR count). The molecule has 0 saturated carbocycles. The number of carbonyl (C=O) groups excluding carboxylic acids is 1. The number of hydrogen-bond acceptors (Lipinski definition) is 8. The largest absolute Gasteiger partial charge is 0.497 e. The van der Waals surface area contributed by atoms with Crippen molar-refractivity contribution >= 4 is 5.91 Å². The number of nitrogens with zero attached hydrogens (tertiary/aromatic N) is 2. The number of fused-ring (bicyclic) bond motifs is 1. The highest BCUT2D eigenvalue weighted by molar-refractivity contribution is 5.75. The van der Waals surface area contributed by atoms with Gasteiger partial charge in [-0.2, -0.15) is 5.26 Å². The Morgan fingerprint density at radius 2 is 1.97 bits per heavy atom. The van der Waals surface area contributed by atoms with Crippen molar-refractivity contribution in [2.24, 2.45) is 11.5 Å². The second kappa shape index (κ2) is 9.46. The van der Waals surface area contributed by atoms with Crippen LogP contribution in [0.5, 0.6) is 23.1 Å². The Morgan fingerprint density at radius 1 is 1.21 bits per heavy atom. The maximum absolute atomic E-state index is 11.2. The molecule has 3 aromatic rings. The highest BCUT2D eigenvalue weighted by atomic mass is 16.5. The van der Waals surface area contributed by atoms with E-state index in [0.717, 1.165) is 5.56 Å². The summed E-state index contributed by atoms with van der Waals surface area (Å²) in [7, 11) is 1.59. The molecule has 0 spiro atoms. The van der Waals surface area contributed by atoms with Gasteiger partial charge >= 0.3 is 0 Å². The number of nitriles is 1. The lowest BCUT2D eigenvalue weighted by Crippen LogP contribution is -2.21. The number of aromatic amines is 1. The molecule has 0 aliphatic carbocycles. The summed E-state index contributed by atoms with van der Waals surface area (Å²) in [5.74, 6) is 0.521. The summed E-state index contributed by atoms with van der Waals surface area (Å²) in [5, 5.41) is 17.2. The lowest BCUT2D eigenvalue weighted by Gasteiger charge is -2.25. The predicted molar refractivity (Wildman–Crippen MR) is 122 cm³/mol. The molecule has 34 heavy (non-hydrogen) atoms. The number of nitrogens with two attached hydrogens (primary N) is 2. The molecule has 10 heteroatoms.